The first-order valence-corrected chi connectivity index (χ1v) is 8.60. The van der Waals surface area contributed by atoms with Gasteiger partial charge in [-0.05, 0) is 38.3 Å². The van der Waals surface area contributed by atoms with E-state index < -0.39 is 10.7 Å². The summed E-state index contributed by atoms with van der Waals surface area (Å²) < 4.78 is -0.404. The lowest BCUT2D eigenvalue weighted by atomic mass is 10.0. The van der Waals surface area contributed by atoms with Gasteiger partial charge < -0.3 is 10.4 Å². The molecule has 4 nitrogen and oxygen atoms in total. The Morgan fingerprint density at radius 2 is 1.91 bits per heavy atom. The van der Waals surface area contributed by atoms with E-state index in [0.29, 0.717) is 6.42 Å². The SMILES string of the molecule is CC(CCC(=O)O)NC(=O)C1(Sc2ccccc2)CCCC1. The molecule has 1 atom stereocenters. The van der Waals surface area contributed by atoms with Gasteiger partial charge in [0.05, 0.1) is 4.75 Å². The molecule has 2 rings (SSSR count). The largest absolute Gasteiger partial charge is 0.481 e. The van der Waals surface area contributed by atoms with Gasteiger partial charge in [-0.3, -0.25) is 9.59 Å². The molecule has 22 heavy (non-hydrogen) atoms. The van der Waals surface area contributed by atoms with E-state index in [9.17, 15) is 9.59 Å². The number of carboxylic acids is 1. The van der Waals surface area contributed by atoms with Crippen molar-refractivity contribution in [3.63, 3.8) is 0 Å². The Morgan fingerprint density at radius 3 is 2.50 bits per heavy atom. The molecule has 1 unspecified atom stereocenters. The maximum Gasteiger partial charge on any atom is 0.303 e. The summed E-state index contributed by atoms with van der Waals surface area (Å²) in [4.78, 5) is 24.5. The van der Waals surface area contributed by atoms with Crippen LogP contribution in [0.4, 0.5) is 0 Å². The number of carbonyl (C=O) groups excluding carboxylic acids is 1. The first-order valence-electron chi connectivity index (χ1n) is 7.79. The number of amides is 1. The van der Waals surface area contributed by atoms with Crippen molar-refractivity contribution in [1.82, 2.24) is 5.32 Å². The molecular formula is C17H23NO3S. The van der Waals surface area contributed by atoms with Crippen molar-refractivity contribution in [3.05, 3.63) is 30.3 Å². The summed E-state index contributed by atoms with van der Waals surface area (Å²) in [5, 5.41) is 11.8. The number of benzene rings is 1. The van der Waals surface area contributed by atoms with Crippen molar-refractivity contribution in [1.29, 1.82) is 0 Å². The summed E-state index contributed by atoms with van der Waals surface area (Å²) in [6, 6.07) is 9.89. The minimum Gasteiger partial charge on any atom is -0.481 e. The first-order chi connectivity index (χ1) is 10.5. The molecule has 120 valence electrons. The standard InChI is InChI=1S/C17H23NO3S/c1-13(9-10-15(19)20)18-16(21)17(11-5-6-12-17)22-14-7-3-2-4-8-14/h2-4,7-8,13H,5-6,9-12H2,1H3,(H,18,21)(H,19,20). The smallest absolute Gasteiger partial charge is 0.303 e. The van der Waals surface area contributed by atoms with Gasteiger partial charge in [-0.1, -0.05) is 31.0 Å². The second-order valence-electron chi connectivity index (χ2n) is 5.92. The lowest BCUT2D eigenvalue weighted by Gasteiger charge is -2.29. The molecule has 1 amide bonds. The van der Waals surface area contributed by atoms with Gasteiger partial charge in [-0.25, -0.2) is 0 Å². The van der Waals surface area contributed by atoms with Crippen molar-refractivity contribution < 1.29 is 14.7 Å². The summed E-state index contributed by atoms with van der Waals surface area (Å²) in [5.74, 6) is -0.771. The third-order valence-electron chi connectivity index (χ3n) is 4.05. The van der Waals surface area contributed by atoms with E-state index in [2.05, 4.69) is 5.32 Å². The second-order valence-corrected chi connectivity index (χ2v) is 7.38. The molecule has 0 aromatic heterocycles. The molecular weight excluding hydrogens is 298 g/mol. The van der Waals surface area contributed by atoms with Crippen LogP contribution in [0.5, 0.6) is 0 Å². The van der Waals surface area contributed by atoms with E-state index in [-0.39, 0.29) is 18.4 Å². The van der Waals surface area contributed by atoms with Crippen LogP contribution < -0.4 is 5.32 Å². The minimum atomic E-state index is -0.824. The summed E-state index contributed by atoms with van der Waals surface area (Å²) >= 11 is 1.64. The number of carbonyl (C=O) groups is 2. The van der Waals surface area contributed by atoms with E-state index in [0.717, 1.165) is 30.6 Å². The topological polar surface area (TPSA) is 66.4 Å². The van der Waals surface area contributed by atoms with Crippen molar-refractivity contribution in [3.8, 4) is 0 Å². The van der Waals surface area contributed by atoms with Crippen LogP contribution in [0.15, 0.2) is 35.2 Å². The van der Waals surface area contributed by atoms with Crippen LogP contribution in [-0.2, 0) is 9.59 Å². The summed E-state index contributed by atoms with van der Waals surface area (Å²) in [5.41, 5.74) is 0. The Morgan fingerprint density at radius 1 is 1.27 bits per heavy atom. The number of nitrogens with one attached hydrogen (secondary N) is 1. The zero-order valence-corrected chi connectivity index (χ0v) is 13.7. The molecule has 0 radical (unpaired) electrons. The molecule has 1 aromatic rings. The molecule has 5 heteroatoms. The van der Waals surface area contributed by atoms with Gasteiger partial charge in [-0.2, -0.15) is 0 Å². The molecule has 1 saturated carbocycles. The van der Waals surface area contributed by atoms with E-state index in [1.54, 1.807) is 11.8 Å². The van der Waals surface area contributed by atoms with Gasteiger partial charge >= 0.3 is 5.97 Å². The molecule has 0 bridgehead atoms. The van der Waals surface area contributed by atoms with Crippen molar-refractivity contribution in [2.45, 2.75) is 61.1 Å². The number of thioether (sulfide) groups is 1. The van der Waals surface area contributed by atoms with Gasteiger partial charge in [0, 0.05) is 17.4 Å². The maximum atomic E-state index is 12.7. The van der Waals surface area contributed by atoms with E-state index >= 15 is 0 Å². The van der Waals surface area contributed by atoms with Crippen LogP contribution in [0.2, 0.25) is 0 Å². The summed E-state index contributed by atoms with van der Waals surface area (Å²) in [6.45, 7) is 1.87. The lowest BCUT2D eigenvalue weighted by molar-refractivity contribution is -0.137. The minimum absolute atomic E-state index is 0.0525. The fraction of sp³-hybridized carbons (Fsp3) is 0.529. The van der Waals surface area contributed by atoms with Crippen LogP contribution in [0.3, 0.4) is 0 Å². The van der Waals surface area contributed by atoms with Crippen LogP contribution >= 0.6 is 11.8 Å². The molecule has 1 aliphatic carbocycles. The highest BCUT2D eigenvalue weighted by Gasteiger charge is 2.42. The molecule has 2 N–H and O–H groups in total. The molecule has 1 fully saturated rings. The number of carboxylic acid groups (broad SMARTS) is 1. The third-order valence-corrected chi connectivity index (χ3v) is 5.54. The Balaban J connectivity index is 2.00. The van der Waals surface area contributed by atoms with Crippen LogP contribution in [0, 0.1) is 0 Å². The molecule has 1 aliphatic rings. The number of hydrogen-bond donors (Lipinski definition) is 2. The van der Waals surface area contributed by atoms with Gasteiger partial charge in [0.15, 0.2) is 0 Å². The van der Waals surface area contributed by atoms with Gasteiger partial charge in [0.2, 0.25) is 5.91 Å². The van der Waals surface area contributed by atoms with Crippen LogP contribution in [0.25, 0.3) is 0 Å². The van der Waals surface area contributed by atoms with E-state index in [1.807, 2.05) is 37.3 Å². The van der Waals surface area contributed by atoms with Crippen molar-refractivity contribution >= 4 is 23.6 Å². The highest BCUT2D eigenvalue weighted by Crippen LogP contribution is 2.45. The lowest BCUT2D eigenvalue weighted by Crippen LogP contribution is -2.46. The van der Waals surface area contributed by atoms with Crippen molar-refractivity contribution in [2.24, 2.45) is 0 Å². The van der Waals surface area contributed by atoms with Crippen LogP contribution in [0.1, 0.15) is 45.4 Å². The van der Waals surface area contributed by atoms with Gasteiger partial charge in [-0.15, -0.1) is 11.8 Å². The highest BCUT2D eigenvalue weighted by molar-refractivity contribution is 8.01. The monoisotopic (exact) mass is 321 g/mol. The van der Waals surface area contributed by atoms with Gasteiger partial charge in [0.1, 0.15) is 0 Å². The van der Waals surface area contributed by atoms with Crippen molar-refractivity contribution in [2.75, 3.05) is 0 Å². The van der Waals surface area contributed by atoms with E-state index in [1.165, 1.54) is 0 Å². The molecule has 1 aromatic carbocycles. The zero-order chi connectivity index (χ0) is 16.0. The maximum absolute atomic E-state index is 12.7. The fourth-order valence-corrected chi connectivity index (χ4v) is 4.19. The average molecular weight is 321 g/mol. The Bertz CT molecular complexity index is 512. The summed E-state index contributed by atoms with van der Waals surface area (Å²) in [6.07, 6.45) is 4.44. The predicted octanol–water partition coefficient (Wildman–Crippen LogP) is 3.46. The van der Waals surface area contributed by atoms with Crippen LogP contribution in [-0.4, -0.2) is 27.8 Å². The normalized spacial score (nSPS) is 17.9. The Kier molecular flexibility index (Phi) is 5.89. The Labute approximate surface area is 135 Å². The Hall–Kier alpha value is -1.49. The zero-order valence-electron chi connectivity index (χ0n) is 12.9. The molecule has 0 saturated heterocycles. The number of hydrogen-bond acceptors (Lipinski definition) is 3. The fourth-order valence-electron chi connectivity index (χ4n) is 2.80. The number of aliphatic carboxylic acids is 1. The molecule has 0 aliphatic heterocycles. The highest BCUT2D eigenvalue weighted by atomic mass is 32.2. The summed E-state index contributed by atoms with van der Waals surface area (Å²) in [7, 11) is 0. The predicted molar refractivity (Wildman–Crippen MR) is 88.0 cm³/mol. The number of rotatable bonds is 7. The molecule has 0 spiro atoms. The quantitative estimate of drug-likeness (QED) is 0.807. The third kappa shape index (κ3) is 4.50. The average Bonchev–Trinajstić information content (AvgIpc) is 2.96. The van der Waals surface area contributed by atoms with Gasteiger partial charge in [0.25, 0.3) is 0 Å². The second kappa shape index (κ2) is 7.68. The molecule has 0 heterocycles. The first kappa shape index (κ1) is 16.9. The van der Waals surface area contributed by atoms with E-state index in [4.69, 9.17) is 5.11 Å².